The van der Waals surface area contributed by atoms with Gasteiger partial charge in [-0.3, -0.25) is 0 Å². The topological polar surface area (TPSA) is 28.2 Å². The van der Waals surface area contributed by atoms with Crippen molar-refractivity contribution in [3.8, 4) is 0 Å². The molecule has 0 spiro atoms. The summed E-state index contributed by atoms with van der Waals surface area (Å²) < 4.78 is 0. The number of rotatable bonds is 5. The van der Waals surface area contributed by atoms with Gasteiger partial charge in [-0.25, -0.2) is 4.98 Å². The fourth-order valence-corrected chi connectivity index (χ4v) is 3.09. The normalized spacial score (nSPS) is 24.7. The molecule has 2 heterocycles. The zero-order chi connectivity index (χ0) is 14.5. The Labute approximate surface area is 123 Å². The first-order valence-electron chi connectivity index (χ1n) is 8.10. The van der Waals surface area contributed by atoms with Crippen molar-refractivity contribution in [2.24, 2.45) is 5.92 Å². The van der Waals surface area contributed by atoms with Gasteiger partial charge in [-0.15, -0.1) is 0 Å². The first-order chi connectivity index (χ1) is 9.65. The van der Waals surface area contributed by atoms with Crippen molar-refractivity contribution >= 4 is 5.82 Å². The third-order valence-corrected chi connectivity index (χ3v) is 4.63. The first-order valence-corrected chi connectivity index (χ1v) is 8.10. The molecule has 3 atom stereocenters. The van der Waals surface area contributed by atoms with Gasteiger partial charge in [0, 0.05) is 30.4 Å². The van der Waals surface area contributed by atoms with Crippen molar-refractivity contribution in [2.75, 3.05) is 18.0 Å². The van der Waals surface area contributed by atoms with E-state index in [0.717, 1.165) is 25.4 Å². The number of nitrogens with one attached hydrogen (secondary N) is 1. The maximum Gasteiger partial charge on any atom is 0.133 e. The van der Waals surface area contributed by atoms with Crippen molar-refractivity contribution in [3.05, 3.63) is 23.9 Å². The zero-order valence-corrected chi connectivity index (χ0v) is 13.4. The minimum absolute atomic E-state index is 0.364. The van der Waals surface area contributed by atoms with Gasteiger partial charge in [0.2, 0.25) is 0 Å². The summed E-state index contributed by atoms with van der Waals surface area (Å²) in [4.78, 5) is 7.21. The van der Waals surface area contributed by atoms with Gasteiger partial charge in [-0.1, -0.05) is 19.9 Å². The van der Waals surface area contributed by atoms with E-state index in [9.17, 15) is 0 Å². The van der Waals surface area contributed by atoms with Gasteiger partial charge in [0.15, 0.2) is 0 Å². The molecular formula is C17H29N3. The summed E-state index contributed by atoms with van der Waals surface area (Å²) in [6.45, 7) is 11.3. The van der Waals surface area contributed by atoms with Gasteiger partial charge in [0.1, 0.15) is 5.82 Å². The Morgan fingerprint density at radius 1 is 1.45 bits per heavy atom. The van der Waals surface area contributed by atoms with E-state index in [0.29, 0.717) is 12.1 Å². The lowest BCUT2D eigenvalue weighted by Gasteiger charge is -2.40. The number of nitrogens with zero attached hydrogens (tertiary/aromatic N) is 2. The van der Waals surface area contributed by atoms with Crippen LogP contribution in [0.25, 0.3) is 0 Å². The molecule has 1 saturated heterocycles. The standard InChI is InChI=1S/C17H29N3/c1-5-10-18-14(3)16-9-6-11-19-17(16)20-12-7-8-13(2)15(20)4/h6,9,11,13-15,18H,5,7-8,10,12H2,1-4H3. The Morgan fingerprint density at radius 3 is 3.00 bits per heavy atom. The summed E-state index contributed by atoms with van der Waals surface area (Å²) >= 11 is 0. The number of hydrogen-bond acceptors (Lipinski definition) is 3. The summed E-state index contributed by atoms with van der Waals surface area (Å²) in [5, 5.41) is 3.59. The minimum Gasteiger partial charge on any atom is -0.353 e. The molecule has 3 unspecified atom stereocenters. The number of pyridine rings is 1. The number of piperidine rings is 1. The molecule has 20 heavy (non-hydrogen) atoms. The number of hydrogen-bond donors (Lipinski definition) is 1. The Morgan fingerprint density at radius 2 is 2.25 bits per heavy atom. The fourth-order valence-electron chi connectivity index (χ4n) is 3.09. The second kappa shape index (κ2) is 7.07. The second-order valence-electron chi connectivity index (χ2n) is 6.15. The van der Waals surface area contributed by atoms with Crippen molar-refractivity contribution in [2.45, 2.75) is 59.0 Å². The van der Waals surface area contributed by atoms with Crippen LogP contribution >= 0.6 is 0 Å². The lowest BCUT2D eigenvalue weighted by Crippen LogP contribution is -2.43. The summed E-state index contributed by atoms with van der Waals surface area (Å²) in [7, 11) is 0. The van der Waals surface area contributed by atoms with Crippen LogP contribution in [0.5, 0.6) is 0 Å². The zero-order valence-electron chi connectivity index (χ0n) is 13.4. The summed E-state index contributed by atoms with van der Waals surface area (Å²) in [6.07, 6.45) is 5.70. The lowest BCUT2D eigenvalue weighted by molar-refractivity contribution is 0.360. The molecule has 0 aliphatic carbocycles. The number of aromatic nitrogens is 1. The summed E-state index contributed by atoms with van der Waals surface area (Å²) in [5.74, 6) is 1.93. The molecule has 0 aromatic carbocycles. The quantitative estimate of drug-likeness (QED) is 0.886. The molecule has 0 amide bonds. The molecule has 1 aliphatic heterocycles. The SMILES string of the molecule is CCCNC(C)c1cccnc1N1CCCC(C)C1C. The van der Waals surface area contributed by atoms with Gasteiger partial charge in [-0.2, -0.15) is 0 Å². The Bertz CT molecular complexity index is 418. The molecule has 1 aromatic rings. The average Bonchev–Trinajstić information content (AvgIpc) is 2.47. The van der Waals surface area contributed by atoms with Gasteiger partial charge in [0.05, 0.1) is 0 Å². The van der Waals surface area contributed by atoms with Gasteiger partial charge < -0.3 is 10.2 Å². The van der Waals surface area contributed by atoms with E-state index < -0.39 is 0 Å². The Balaban J connectivity index is 2.22. The van der Waals surface area contributed by atoms with Gasteiger partial charge >= 0.3 is 0 Å². The molecule has 1 aromatic heterocycles. The molecule has 3 nitrogen and oxygen atoms in total. The van der Waals surface area contributed by atoms with Crippen molar-refractivity contribution < 1.29 is 0 Å². The van der Waals surface area contributed by atoms with Crippen LogP contribution in [0.15, 0.2) is 18.3 Å². The third kappa shape index (κ3) is 3.32. The van der Waals surface area contributed by atoms with Crippen LogP contribution in [0, 0.1) is 5.92 Å². The molecule has 0 bridgehead atoms. The summed E-state index contributed by atoms with van der Waals surface area (Å²) in [6, 6.07) is 5.22. The molecule has 1 fully saturated rings. The van der Waals surface area contributed by atoms with E-state index in [2.05, 4.69) is 50.0 Å². The molecule has 1 N–H and O–H groups in total. The van der Waals surface area contributed by atoms with Crippen LogP contribution in [-0.4, -0.2) is 24.1 Å². The van der Waals surface area contributed by atoms with E-state index in [-0.39, 0.29) is 0 Å². The third-order valence-electron chi connectivity index (χ3n) is 4.63. The Hall–Kier alpha value is -1.09. The van der Waals surface area contributed by atoms with E-state index in [4.69, 9.17) is 4.98 Å². The van der Waals surface area contributed by atoms with Crippen molar-refractivity contribution in [1.82, 2.24) is 10.3 Å². The molecule has 112 valence electrons. The highest BCUT2D eigenvalue weighted by Gasteiger charge is 2.27. The highest BCUT2D eigenvalue weighted by atomic mass is 15.2. The number of anilines is 1. The molecule has 3 heteroatoms. The molecular weight excluding hydrogens is 246 g/mol. The van der Waals surface area contributed by atoms with Crippen LogP contribution in [-0.2, 0) is 0 Å². The van der Waals surface area contributed by atoms with Crippen LogP contribution in [0.3, 0.4) is 0 Å². The molecule has 0 radical (unpaired) electrons. The largest absolute Gasteiger partial charge is 0.353 e. The predicted octanol–water partition coefficient (Wildman–Crippen LogP) is 3.77. The second-order valence-corrected chi connectivity index (χ2v) is 6.15. The first kappa shape index (κ1) is 15.3. The molecule has 1 aliphatic rings. The van der Waals surface area contributed by atoms with Crippen LogP contribution in [0.1, 0.15) is 58.6 Å². The lowest BCUT2D eigenvalue weighted by atomic mass is 9.91. The predicted molar refractivity (Wildman–Crippen MR) is 86.2 cm³/mol. The van der Waals surface area contributed by atoms with E-state index >= 15 is 0 Å². The Kier molecular flexibility index (Phi) is 5.41. The smallest absolute Gasteiger partial charge is 0.133 e. The molecule has 0 saturated carbocycles. The van der Waals surface area contributed by atoms with E-state index in [1.54, 1.807) is 0 Å². The van der Waals surface area contributed by atoms with E-state index in [1.165, 1.54) is 24.2 Å². The van der Waals surface area contributed by atoms with Crippen LogP contribution < -0.4 is 10.2 Å². The van der Waals surface area contributed by atoms with Gasteiger partial charge in [0.25, 0.3) is 0 Å². The highest BCUT2D eigenvalue weighted by Crippen LogP contribution is 2.31. The maximum absolute atomic E-state index is 4.70. The monoisotopic (exact) mass is 275 g/mol. The average molecular weight is 275 g/mol. The highest BCUT2D eigenvalue weighted by molar-refractivity contribution is 5.49. The molecule has 2 rings (SSSR count). The van der Waals surface area contributed by atoms with Crippen LogP contribution in [0.4, 0.5) is 5.82 Å². The van der Waals surface area contributed by atoms with E-state index in [1.807, 2.05) is 6.20 Å². The fraction of sp³-hybridized carbons (Fsp3) is 0.706. The van der Waals surface area contributed by atoms with Gasteiger partial charge in [-0.05, 0) is 51.6 Å². The van der Waals surface area contributed by atoms with Crippen molar-refractivity contribution in [1.29, 1.82) is 0 Å². The maximum atomic E-state index is 4.70. The van der Waals surface area contributed by atoms with Crippen LogP contribution in [0.2, 0.25) is 0 Å². The minimum atomic E-state index is 0.364. The van der Waals surface area contributed by atoms with Crippen molar-refractivity contribution in [3.63, 3.8) is 0 Å². The summed E-state index contributed by atoms with van der Waals surface area (Å²) in [5.41, 5.74) is 1.34.